The van der Waals surface area contributed by atoms with Gasteiger partial charge in [0.25, 0.3) is 0 Å². The maximum absolute atomic E-state index is 10.9. The highest BCUT2D eigenvalue weighted by molar-refractivity contribution is 7.98. The number of rotatable bonds is 6. The molecule has 0 saturated heterocycles. The zero-order chi connectivity index (χ0) is 17.8. The van der Waals surface area contributed by atoms with Gasteiger partial charge in [-0.1, -0.05) is 35.5 Å². The van der Waals surface area contributed by atoms with Gasteiger partial charge in [0, 0.05) is 10.8 Å². The Hall–Kier alpha value is -2.51. The lowest BCUT2D eigenvalue weighted by molar-refractivity contribution is 0.0697. The van der Waals surface area contributed by atoms with Crippen molar-refractivity contribution >= 4 is 29.3 Å². The van der Waals surface area contributed by atoms with E-state index in [-0.39, 0.29) is 5.56 Å². The molecule has 0 fully saturated rings. The van der Waals surface area contributed by atoms with E-state index in [1.165, 1.54) is 11.8 Å². The van der Waals surface area contributed by atoms with Crippen molar-refractivity contribution in [3.63, 3.8) is 0 Å². The number of aromatic amines is 1. The second kappa shape index (κ2) is 7.58. The maximum Gasteiger partial charge on any atom is 0.335 e. The van der Waals surface area contributed by atoms with Gasteiger partial charge in [-0.3, -0.25) is 5.10 Å². The molecule has 0 saturated carbocycles. The number of hydrogen-bond acceptors (Lipinski definition) is 5. The van der Waals surface area contributed by atoms with E-state index in [4.69, 9.17) is 21.4 Å². The Kier molecular flexibility index (Phi) is 5.25. The van der Waals surface area contributed by atoms with E-state index in [0.717, 1.165) is 11.1 Å². The van der Waals surface area contributed by atoms with Gasteiger partial charge in [-0.25, -0.2) is 9.78 Å². The number of nitrogens with one attached hydrogen (secondary N) is 1. The van der Waals surface area contributed by atoms with Crippen LogP contribution < -0.4 is 4.74 Å². The number of hydrogen-bond donors (Lipinski definition) is 2. The number of methoxy groups -OCH3 is 1. The summed E-state index contributed by atoms with van der Waals surface area (Å²) < 4.78 is 5.32. The van der Waals surface area contributed by atoms with Crippen LogP contribution in [-0.4, -0.2) is 33.4 Å². The molecule has 0 radical (unpaired) electrons. The fourth-order valence-corrected chi connectivity index (χ4v) is 3.11. The quantitative estimate of drug-likeness (QED) is 0.630. The number of thioether (sulfide) groups is 1. The van der Waals surface area contributed by atoms with Crippen molar-refractivity contribution in [2.75, 3.05) is 7.11 Å². The first kappa shape index (κ1) is 17.3. The second-order valence-corrected chi connectivity index (χ2v) is 6.48. The summed E-state index contributed by atoms with van der Waals surface area (Å²) in [6, 6.07) is 12.0. The van der Waals surface area contributed by atoms with Crippen molar-refractivity contribution < 1.29 is 14.6 Å². The number of halogens is 1. The molecule has 25 heavy (non-hydrogen) atoms. The van der Waals surface area contributed by atoms with E-state index >= 15 is 0 Å². The topological polar surface area (TPSA) is 88.1 Å². The van der Waals surface area contributed by atoms with E-state index in [1.54, 1.807) is 49.6 Å². The summed E-state index contributed by atoms with van der Waals surface area (Å²) in [5.74, 6) is 0.918. The van der Waals surface area contributed by atoms with Gasteiger partial charge in [0.2, 0.25) is 5.16 Å². The highest BCUT2D eigenvalue weighted by Gasteiger charge is 2.12. The monoisotopic (exact) mass is 375 g/mol. The minimum atomic E-state index is -0.937. The molecule has 1 heterocycles. The Morgan fingerprint density at radius 3 is 2.72 bits per heavy atom. The van der Waals surface area contributed by atoms with Crippen molar-refractivity contribution in [1.82, 2.24) is 15.2 Å². The summed E-state index contributed by atoms with van der Waals surface area (Å²) in [4.78, 5) is 15.3. The molecule has 1 aromatic heterocycles. The second-order valence-electron chi connectivity index (χ2n) is 5.10. The van der Waals surface area contributed by atoms with E-state index < -0.39 is 5.97 Å². The number of aromatic nitrogens is 3. The number of carboxylic acids is 1. The Balaban J connectivity index is 1.72. The molecule has 2 aromatic carbocycles. The molecule has 128 valence electrons. The van der Waals surface area contributed by atoms with Crippen molar-refractivity contribution in [2.24, 2.45) is 0 Å². The largest absolute Gasteiger partial charge is 0.496 e. The first-order valence-corrected chi connectivity index (χ1v) is 8.64. The lowest BCUT2D eigenvalue weighted by Crippen LogP contribution is -1.95. The number of H-pyrrole nitrogens is 1. The smallest absolute Gasteiger partial charge is 0.335 e. The lowest BCUT2D eigenvalue weighted by Gasteiger charge is -2.05. The van der Waals surface area contributed by atoms with Gasteiger partial charge in [-0.15, -0.1) is 5.10 Å². The molecular formula is C17H14ClN3O3S. The third-order valence-electron chi connectivity index (χ3n) is 3.45. The highest BCUT2D eigenvalue weighted by atomic mass is 35.5. The van der Waals surface area contributed by atoms with Crippen molar-refractivity contribution in [1.29, 1.82) is 0 Å². The number of carbonyl (C=O) groups is 1. The molecule has 3 aromatic rings. The van der Waals surface area contributed by atoms with Crippen LogP contribution in [0.5, 0.6) is 5.75 Å². The average molecular weight is 376 g/mol. The van der Waals surface area contributed by atoms with E-state index in [1.807, 2.05) is 0 Å². The number of aromatic carboxylic acids is 1. The number of benzene rings is 2. The molecule has 8 heteroatoms. The molecule has 2 N–H and O–H groups in total. The Labute approximate surface area is 153 Å². The van der Waals surface area contributed by atoms with Crippen LogP contribution >= 0.6 is 23.4 Å². The maximum atomic E-state index is 10.9. The lowest BCUT2D eigenvalue weighted by atomic mass is 10.1. The third kappa shape index (κ3) is 4.12. The van der Waals surface area contributed by atoms with Crippen LogP contribution in [0.25, 0.3) is 11.4 Å². The summed E-state index contributed by atoms with van der Waals surface area (Å²) in [6.45, 7) is 0. The van der Waals surface area contributed by atoms with Gasteiger partial charge in [0.05, 0.1) is 18.2 Å². The number of nitrogens with zero attached hydrogens (tertiary/aromatic N) is 2. The van der Waals surface area contributed by atoms with Crippen LogP contribution in [0.3, 0.4) is 0 Å². The predicted molar refractivity (Wildman–Crippen MR) is 96.3 cm³/mol. The standard InChI is InChI=1S/C17H14ClN3O3S/c1-24-14-7-6-12(18)8-13(14)15-19-17(21-20-15)25-9-10-2-4-11(5-3-10)16(22)23/h2-8H,9H2,1H3,(H,22,23)(H,19,20,21). The molecule has 0 aliphatic carbocycles. The molecule has 0 bridgehead atoms. The fraction of sp³-hybridized carbons (Fsp3) is 0.118. The van der Waals surface area contributed by atoms with Gasteiger partial charge in [0.15, 0.2) is 5.82 Å². The predicted octanol–water partition coefficient (Wildman–Crippen LogP) is 4.12. The van der Waals surface area contributed by atoms with E-state index in [2.05, 4.69) is 15.2 Å². The molecule has 3 rings (SSSR count). The first-order chi connectivity index (χ1) is 12.1. The van der Waals surface area contributed by atoms with Crippen LogP contribution in [0.15, 0.2) is 47.6 Å². The average Bonchev–Trinajstić information content (AvgIpc) is 3.09. The van der Waals surface area contributed by atoms with Crippen molar-refractivity contribution in [3.05, 3.63) is 58.6 Å². The highest BCUT2D eigenvalue weighted by Crippen LogP contribution is 2.31. The number of ether oxygens (including phenoxy) is 1. The molecule has 0 atom stereocenters. The van der Waals surface area contributed by atoms with Crippen LogP contribution in [0, 0.1) is 0 Å². The fourth-order valence-electron chi connectivity index (χ4n) is 2.19. The van der Waals surface area contributed by atoms with Gasteiger partial charge in [-0.05, 0) is 35.9 Å². The Morgan fingerprint density at radius 2 is 2.04 bits per heavy atom. The van der Waals surface area contributed by atoms with E-state index in [0.29, 0.717) is 27.5 Å². The summed E-state index contributed by atoms with van der Waals surface area (Å²) in [7, 11) is 1.58. The van der Waals surface area contributed by atoms with Crippen LogP contribution in [0.2, 0.25) is 5.02 Å². The van der Waals surface area contributed by atoms with Gasteiger partial charge < -0.3 is 9.84 Å². The molecular weight excluding hydrogens is 362 g/mol. The summed E-state index contributed by atoms with van der Waals surface area (Å²) in [6.07, 6.45) is 0. The summed E-state index contributed by atoms with van der Waals surface area (Å²) in [5.41, 5.74) is 1.99. The molecule has 6 nitrogen and oxygen atoms in total. The van der Waals surface area contributed by atoms with Gasteiger partial charge in [-0.2, -0.15) is 0 Å². The van der Waals surface area contributed by atoms with Crippen LogP contribution in [0.4, 0.5) is 0 Å². The zero-order valence-electron chi connectivity index (χ0n) is 13.2. The molecule has 0 aliphatic heterocycles. The normalized spacial score (nSPS) is 10.6. The minimum absolute atomic E-state index is 0.266. The van der Waals surface area contributed by atoms with Gasteiger partial charge in [0.1, 0.15) is 5.75 Å². The summed E-state index contributed by atoms with van der Waals surface area (Å²) >= 11 is 7.49. The van der Waals surface area contributed by atoms with E-state index in [9.17, 15) is 4.79 Å². The molecule has 0 aliphatic rings. The van der Waals surface area contributed by atoms with Crippen molar-refractivity contribution in [2.45, 2.75) is 10.9 Å². The molecule has 0 amide bonds. The minimum Gasteiger partial charge on any atom is -0.496 e. The molecule has 0 unspecified atom stereocenters. The zero-order valence-corrected chi connectivity index (χ0v) is 14.8. The first-order valence-electron chi connectivity index (χ1n) is 7.28. The van der Waals surface area contributed by atoms with Crippen LogP contribution in [0.1, 0.15) is 15.9 Å². The van der Waals surface area contributed by atoms with Crippen LogP contribution in [-0.2, 0) is 5.75 Å². The Morgan fingerprint density at radius 1 is 1.28 bits per heavy atom. The summed E-state index contributed by atoms with van der Waals surface area (Å²) in [5, 5.41) is 17.2. The number of carboxylic acid groups (broad SMARTS) is 1. The SMILES string of the molecule is COc1ccc(Cl)cc1-c1nc(SCc2ccc(C(=O)O)cc2)n[nH]1. The Bertz CT molecular complexity index is 896. The molecule has 0 spiro atoms. The van der Waals surface area contributed by atoms with Gasteiger partial charge >= 0.3 is 5.97 Å². The van der Waals surface area contributed by atoms with Crippen molar-refractivity contribution in [3.8, 4) is 17.1 Å². The third-order valence-corrected chi connectivity index (χ3v) is 4.60.